The number of para-hydroxylation sites is 1. The first-order valence-corrected chi connectivity index (χ1v) is 11.3. The third-order valence-corrected chi connectivity index (χ3v) is 5.93. The first-order valence-electron chi connectivity index (χ1n) is 9.94. The second-order valence-corrected chi connectivity index (χ2v) is 8.22. The van der Waals surface area contributed by atoms with Gasteiger partial charge in [0.15, 0.2) is 11.0 Å². The standard InChI is InChI=1S/C23H23ClN4O4S/c1-4-11-28-20(13-32-16-9-10-18(24)15(2)12-16)26-27-23(28)33-14-21(29)25-19-8-6-5-7-17(19)22(30)31-3/h4-10,12H,1,11,13-14H2,2-3H3,(H,25,29). The fourth-order valence-electron chi connectivity index (χ4n) is 2.90. The van der Waals surface area contributed by atoms with Gasteiger partial charge in [0.1, 0.15) is 12.4 Å². The van der Waals surface area contributed by atoms with Gasteiger partial charge in [0.2, 0.25) is 5.91 Å². The molecule has 0 saturated heterocycles. The minimum atomic E-state index is -0.523. The van der Waals surface area contributed by atoms with E-state index in [1.54, 1.807) is 42.5 Å². The Morgan fingerprint density at radius 1 is 1.24 bits per heavy atom. The quantitative estimate of drug-likeness (QED) is 0.255. The number of ether oxygens (including phenoxy) is 2. The number of aryl methyl sites for hydroxylation is 1. The van der Waals surface area contributed by atoms with Crippen molar-refractivity contribution in [2.45, 2.75) is 25.2 Å². The average molecular weight is 487 g/mol. The van der Waals surface area contributed by atoms with Crippen molar-refractivity contribution in [3.05, 3.63) is 77.1 Å². The molecule has 0 spiro atoms. The second-order valence-electron chi connectivity index (χ2n) is 6.87. The van der Waals surface area contributed by atoms with E-state index >= 15 is 0 Å². The highest BCUT2D eigenvalue weighted by Gasteiger charge is 2.16. The number of thioether (sulfide) groups is 1. The highest BCUT2D eigenvalue weighted by atomic mass is 35.5. The maximum absolute atomic E-state index is 12.5. The van der Waals surface area contributed by atoms with Crippen LogP contribution in [0.3, 0.4) is 0 Å². The monoisotopic (exact) mass is 486 g/mol. The zero-order valence-corrected chi connectivity index (χ0v) is 19.8. The molecule has 8 nitrogen and oxygen atoms in total. The lowest BCUT2D eigenvalue weighted by Crippen LogP contribution is -2.17. The Morgan fingerprint density at radius 2 is 2.03 bits per heavy atom. The van der Waals surface area contributed by atoms with E-state index in [0.29, 0.717) is 34.0 Å². The molecule has 1 heterocycles. The average Bonchev–Trinajstić information content (AvgIpc) is 3.20. The molecular weight excluding hydrogens is 464 g/mol. The number of nitrogens with one attached hydrogen (secondary N) is 1. The van der Waals surface area contributed by atoms with Crippen LogP contribution in [-0.2, 0) is 22.7 Å². The van der Waals surface area contributed by atoms with Crippen molar-refractivity contribution in [3.8, 4) is 5.75 Å². The molecule has 0 atom stereocenters. The molecule has 0 aliphatic rings. The van der Waals surface area contributed by atoms with Crippen LogP contribution in [0, 0.1) is 6.92 Å². The van der Waals surface area contributed by atoms with Gasteiger partial charge in [-0.2, -0.15) is 0 Å². The van der Waals surface area contributed by atoms with Gasteiger partial charge in [0.05, 0.1) is 24.1 Å². The molecule has 0 aliphatic heterocycles. The Bertz CT molecular complexity index is 1170. The van der Waals surface area contributed by atoms with Gasteiger partial charge in [-0.15, -0.1) is 16.8 Å². The number of carbonyl (C=O) groups excluding carboxylic acids is 2. The summed E-state index contributed by atoms with van der Waals surface area (Å²) in [4.78, 5) is 24.4. The number of carbonyl (C=O) groups is 2. The highest BCUT2D eigenvalue weighted by Crippen LogP contribution is 2.23. The lowest BCUT2D eigenvalue weighted by Gasteiger charge is -2.11. The maximum atomic E-state index is 12.5. The molecule has 33 heavy (non-hydrogen) atoms. The molecular formula is C23H23ClN4O4S. The van der Waals surface area contributed by atoms with Gasteiger partial charge < -0.3 is 14.8 Å². The Labute approximate surface area is 200 Å². The van der Waals surface area contributed by atoms with Crippen molar-refractivity contribution in [2.75, 3.05) is 18.2 Å². The fourth-order valence-corrected chi connectivity index (χ4v) is 3.78. The molecule has 3 rings (SSSR count). The predicted molar refractivity (Wildman–Crippen MR) is 128 cm³/mol. The maximum Gasteiger partial charge on any atom is 0.339 e. The van der Waals surface area contributed by atoms with Crippen molar-refractivity contribution in [1.29, 1.82) is 0 Å². The van der Waals surface area contributed by atoms with Gasteiger partial charge in [-0.1, -0.05) is 41.6 Å². The molecule has 0 aliphatic carbocycles. The number of benzene rings is 2. The molecule has 1 amide bonds. The van der Waals surface area contributed by atoms with E-state index in [1.165, 1.54) is 18.9 Å². The van der Waals surface area contributed by atoms with Crippen LogP contribution >= 0.6 is 23.4 Å². The highest BCUT2D eigenvalue weighted by molar-refractivity contribution is 7.99. The van der Waals surface area contributed by atoms with E-state index in [4.69, 9.17) is 21.1 Å². The number of hydrogen-bond acceptors (Lipinski definition) is 7. The lowest BCUT2D eigenvalue weighted by atomic mass is 10.2. The molecule has 1 aromatic heterocycles. The summed E-state index contributed by atoms with van der Waals surface area (Å²) in [5.41, 5.74) is 1.58. The van der Waals surface area contributed by atoms with Crippen LogP contribution in [0.1, 0.15) is 21.7 Å². The summed E-state index contributed by atoms with van der Waals surface area (Å²) in [6.07, 6.45) is 1.72. The Hall–Kier alpha value is -3.30. The van der Waals surface area contributed by atoms with Gasteiger partial charge >= 0.3 is 5.97 Å². The van der Waals surface area contributed by atoms with E-state index in [0.717, 1.165) is 5.56 Å². The Balaban J connectivity index is 1.64. The number of rotatable bonds is 10. The van der Waals surface area contributed by atoms with Crippen molar-refractivity contribution in [3.63, 3.8) is 0 Å². The molecule has 0 bridgehead atoms. The summed E-state index contributed by atoms with van der Waals surface area (Å²) >= 11 is 7.28. The third kappa shape index (κ3) is 6.36. The van der Waals surface area contributed by atoms with E-state index in [1.807, 2.05) is 17.6 Å². The molecule has 0 saturated carbocycles. The molecule has 10 heteroatoms. The van der Waals surface area contributed by atoms with Crippen LogP contribution in [0.5, 0.6) is 5.75 Å². The number of amides is 1. The molecule has 172 valence electrons. The van der Waals surface area contributed by atoms with Crippen LogP contribution in [0.2, 0.25) is 5.02 Å². The molecule has 2 aromatic carbocycles. The van der Waals surface area contributed by atoms with Crippen molar-refractivity contribution < 1.29 is 19.1 Å². The SMILES string of the molecule is C=CCn1c(COc2ccc(Cl)c(C)c2)nnc1SCC(=O)Nc1ccccc1C(=O)OC. The molecule has 1 N–H and O–H groups in total. The number of aromatic nitrogens is 3. The number of allylic oxidation sites excluding steroid dienone is 1. The predicted octanol–water partition coefficient (Wildman–Crippen LogP) is 4.52. The summed E-state index contributed by atoms with van der Waals surface area (Å²) in [5.74, 6) is 0.523. The number of hydrogen-bond donors (Lipinski definition) is 1. The normalized spacial score (nSPS) is 10.5. The van der Waals surface area contributed by atoms with Gasteiger partial charge in [0, 0.05) is 11.6 Å². The minimum absolute atomic E-state index is 0.0714. The first-order chi connectivity index (χ1) is 15.9. The van der Waals surface area contributed by atoms with E-state index in [2.05, 4.69) is 22.1 Å². The topological polar surface area (TPSA) is 95.3 Å². The minimum Gasteiger partial charge on any atom is -0.486 e. The van der Waals surface area contributed by atoms with Crippen molar-refractivity contribution in [1.82, 2.24) is 14.8 Å². The number of nitrogens with zero attached hydrogens (tertiary/aromatic N) is 3. The van der Waals surface area contributed by atoms with Crippen LogP contribution in [0.4, 0.5) is 5.69 Å². The largest absolute Gasteiger partial charge is 0.486 e. The molecule has 0 unspecified atom stereocenters. The molecule has 0 radical (unpaired) electrons. The zero-order chi connectivity index (χ0) is 23.8. The molecule has 0 fully saturated rings. The summed E-state index contributed by atoms with van der Waals surface area (Å²) in [7, 11) is 1.29. The number of esters is 1. The van der Waals surface area contributed by atoms with E-state index in [-0.39, 0.29) is 23.8 Å². The second kappa shape index (κ2) is 11.5. The van der Waals surface area contributed by atoms with Crippen molar-refractivity contribution in [2.24, 2.45) is 0 Å². The Kier molecular flexibility index (Phi) is 8.51. The summed E-state index contributed by atoms with van der Waals surface area (Å²) < 4.78 is 12.4. The van der Waals surface area contributed by atoms with Gasteiger partial charge in [0.25, 0.3) is 0 Å². The fraction of sp³-hybridized carbons (Fsp3) is 0.217. The lowest BCUT2D eigenvalue weighted by molar-refractivity contribution is -0.113. The molecule has 3 aromatic rings. The van der Waals surface area contributed by atoms with Gasteiger partial charge in [-0.05, 0) is 42.8 Å². The van der Waals surface area contributed by atoms with Crippen LogP contribution in [-0.4, -0.2) is 39.5 Å². The van der Waals surface area contributed by atoms with Gasteiger partial charge in [-0.3, -0.25) is 9.36 Å². The number of methoxy groups -OCH3 is 1. The van der Waals surface area contributed by atoms with E-state index < -0.39 is 5.97 Å². The van der Waals surface area contributed by atoms with Crippen LogP contribution < -0.4 is 10.1 Å². The van der Waals surface area contributed by atoms with Crippen LogP contribution in [0.15, 0.2) is 60.3 Å². The number of anilines is 1. The van der Waals surface area contributed by atoms with Crippen LogP contribution in [0.25, 0.3) is 0 Å². The summed E-state index contributed by atoms with van der Waals surface area (Å²) in [6.45, 7) is 6.33. The summed E-state index contributed by atoms with van der Waals surface area (Å²) in [5, 5.41) is 12.3. The zero-order valence-electron chi connectivity index (χ0n) is 18.2. The van der Waals surface area contributed by atoms with Gasteiger partial charge in [-0.25, -0.2) is 4.79 Å². The first kappa shape index (κ1) is 24.3. The van der Waals surface area contributed by atoms with E-state index in [9.17, 15) is 9.59 Å². The van der Waals surface area contributed by atoms with Crippen molar-refractivity contribution >= 4 is 40.9 Å². The third-order valence-electron chi connectivity index (χ3n) is 4.54. The summed E-state index contributed by atoms with van der Waals surface area (Å²) in [6, 6.07) is 12.1. The Morgan fingerprint density at radius 3 is 2.76 bits per heavy atom. The number of halogens is 1. The smallest absolute Gasteiger partial charge is 0.339 e.